The molecule has 0 saturated heterocycles. The highest BCUT2D eigenvalue weighted by Gasteiger charge is 2.13. The SMILES string of the molecule is NS(=O)(=O)c1cc(CCn2cccn2)ccc1Cl. The monoisotopic (exact) mass is 285 g/mol. The van der Waals surface area contributed by atoms with Crippen LogP contribution in [0.4, 0.5) is 0 Å². The minimum Gasteiger partial charge on any atom is -0.272 e. The fourth-order valence-electron chi connectivity index (χ4n) is 1.60. The number of sulfonamides is 1. The number of hydrogen-bond acceptors (Lipinski definition) is 3. The molecule has 0 aliphatic carbocycles. The fraction of sp³-hybridized carbons (Fsp3) is 0.182. The Kier molecular flexibility index (Phi) is 3.70. The summed E-state index contributed by atoms with van der Waals surface area (Å²) in [7, 11) is -3.78. The smallest absolute Gasteiger partial charge is 0.239 e. The van der Waals surface area contributed by atoms with Crippen molar-refractivity contribution in [2.45, 2.75) is 17.9 Å². The second-order valence-electron chi connectivity index (χ2n) is 3.83. The lowest BCUT2D eigenvalue weighted by Gasteiger charge is -2.06. The average molecular weight is 286 g/mol. The number of benzene rings is 1. The summed E-state index contributed by atoms with van der Waals surface area (Å²) >= 11 is 5.80. The Morgan fingerprint density at radius 2 is 2.17 bits per heavy atom. The summed E-state index contributed by atoms with van der Waals surface area (Å²) in [5, 5.41) is 9.29. The number of aryl methyl sites for hydroxylation is 2. The van der Waals surface area contributed by atoms with E-state index in [-0.39, 0.29) is 9.92 Å². The van der Waals surface area contributed by atoms with Gasteiger partial charge in [0, 0.05) is 18.9 Å². The fourth-order valence-corrected chi connectivity index (χ4v) is 2.69. The molecule has 0 amide bonds. The number of rotatable bonds is 4. The maximum Gasteiger partial charge on any atom is 0.239 e. The van der Waals surface area contributed by atoms with Gasteiger partial charge in [0.15, 0.2) is 0 Å². The van der Waals surface area contributed by atoms with Crippen LogP contribution in [0.3, 0.4) is 0 Å². The first-order chi connectivity index (χ1) is 8.47. The van der Waals surface area contributed by atoms with Crippen molar-refractivity contribution in [2.24, 2.45) is 5.14 Å². The zero-order chi connectivity index (χ0) is 13.2. The number of nitrogens with zero attached hydrogens (tertiary/aromatic N) is 2. The van der Waals surface area contributed by atoms with Crippen molar-refractivity contribution in [1.82, 2.24) is 9.78 Å². The van der Waals surface area contributed by atoms with Gasteiger partial charge in [0.2, 0.25) is 10.0 Å². The second kappa shape index (κ2) is 5.09. The van der Waals surface area contributed by atoms with Gasteiger partial charge >= 0.3 is 0 Å². The van der Waals surface area contributed by atoms with Crippen LogP contribution < -0.4 is 5.14 Å². The molecule has 0 spiro atoms. The lowest BCUT2D eigenvalue weighted by atomic mass is 10.1. The van der Waals surface area contributed by atoms with Gasteiger partial charge in [-0.05, 0) is 30.2 Å². The predicted octanol–water partition coefficient (Wildman–Crippen LogP) is 1.43. The predicted molar refractivity (Wildman–Crippen MR) is 68.8 cm³/mol. The molecular formula is C11H12ClN3O2S. The van der Waals surface area contributed by atoms with Crippen LogP contribution in [0.15, 0.2) is 41.6 Å². The van der Waals surface area contributed by atoms with Gasteiger partial charge in [-0.1, -0.05) is 17.7 Å². The van der Waals surface area contributed by atoms with E-state index in [1.807, 2.05) is 12.3 Å². The maximum absolute atomic E-state index is 11.3. The Morgan fingerprint density at radius 1 is 1.39 bits per heavy atom. The van der Waals surface area contributed by atoms with Gasteiger partial charge in [-0.15, -0.1) is 0 Å². The van der Waals surface area contributed by atoms with E-state index < -0.39 is 10.0 Å². The topological polar surface area (TPSA) is 78.0 Å². The largest absolute Gasteiger partial charge is 0.272 e. The molecule has 0 bridgehead atoms. The molecule has 1 aromatic carbocycles. The molecule has 2 N–H and O–H groups in total. The summed E-state index contributed by atoms with van der Waals surface area (Å²) in [5.41, 5.74) is 0.846. The quantitative estimate of drug-likeness (QED) is 0.923. The molecule has 0 aliphatic heterocycles. The summed E-state index contributed by atoms with van der Waals surface area (Å²) in [6.45, 7) is 0.665. The number of hydrogen-bond donors (Lipinski definition) is 1. The van der Waals surface area contributed by atoms with Crippen LogP contribution in [0.25, 0.3) is 0 Å². The number of nitrogens with two attached hydrogens (primary N) is 1. The molecule has 0 saturated carbocycles. The Hall–Kier alpha value is -1.37. The number of aromatic nitrogens is 2. The van der Waals surface area contributed by atoms with Crippen molar-refractivity contribution < 1.29 is 8.42 Å². The van der Waals surface area contributed by atoms with E-state index in [1.165, 1.54) is 6.07 Å². The first kappa shape index (κ1) is 13.1. The summed E-state index contributed by atoms with van der Waals surface area (Å²) in [5.74, 6) is 0. The highest BCUT2D eigenvalue weighted by molar-refractivity contribution is 7.89. The normalized spacial score (nSPS) is 11.7. The van der Waals surface area contributed by atoms with Crippen LogP contribution in [0.5, 0.6) is 0 Å². The molecule has 2 rings (SSSR count). The van der Waals surface area contributed by atoms with Crippen molar-refractivity contribution in [3.8, 4) is 0 Å². The van der Waals surface area contributed by atoms with Gasteiger partial charge in [-0.2, -0.15) is 5.10 Å². The summed E-state index contributed by atoms with van der Waals surface area (Å²) in [6.07, 6.45) is 4.19. The Bertz CT molecular complexity index is 638. The third-order valence-corrected chi connectivity index (χ3v) is 3.88. The van der Waals surface area contributed by atoms with Crippen LogP contribution in [-0.2, 0) is 23.0 Å². The van der Waals surface area contributed by atoms with E-state index in [2.05, 4.69) is 5.10 Å². The maximum atomic E-state index is 11.3. The molecule has 1 heterocycles. The van der Waals surface area contributed by atoms with E-state index in [1.54, 1.807) is 23.0 Å². The Balaban J connectivity index is 2.20. The van der Waals surface area contributed by atoms with Crippen molar-refractivity contribution in [2.75, 3.05) is 0 Å². The van der Waals surface area contributed by atoms with Crippen LogP contribution in [0, 0.1) is 0 Å². The van der Waals surface area contributed by atoms with Crippen molar-refractivity contribution >= 4 is 21.6 Å². The van der Waals surface area contributed by atoms with E-state index in [0.717, 1.165) is 5.56 Å². The molecule has 96 valence electrons. The van der Waals surface area contributed by atoms with Gasteiger partial charge in [-0.3, -0.25) is 4.68 Å². The minimum atomic E-state index is -3.78. The Labute approximate surface area is 110 Å². The summed E-state index contributed by atoms with van der Waals surface area (Å²) in [4.78, 5) is -0.0397. The third-order valence-electron chi connectivity index (χ3n) is 2.49. The van der Waals surface area contributed by atoms with Gasteiger partial charge in [0.1, 0.15) is 4.90 Å². The molecule has 0 fully saturated rings. The van der Waals surface area contributed by atoms with Crippen LogP contribution in [0.2, 0.25) is 5.02 Å². The van der Waals surface area contributed by atoms with Crippen molar-refractivity contribution in [3.63, 3.8) is 0 Å². The second-order valence-corrected chi connectivity index (χ2v) is 5.77. The van der Waals surface area contributed by atoms with Crippen LogP contribution >= 0.6 is 11.6 Å². The Morgan fingerprint density at radius 3 is 2.78 bits per heavy atom. The van der Waals surface area contributed by atoms with E-state index in [4.69, 9.17) is 16.7 Å². The molecule has 18 heavy (non-hydrogen) atoms. The molecule has 0 aliphatic rings. The molecule has 5 nitrogen and oxygen atoms in total. The summed E-state index contributed by atoms with van der Waals surface area (Å²) < 4.78 is 24.4. The van der Waals surface area contributed by atoms with Gasteiger partial charge in [0.25, 0.3) is 0 Å². The zero-order valence-electron chi connectivity index (χ0n) is 9.45. The lowest BCUT2D eigenvalue weighted by molar-refractivity contribution is 0.596. The molecule has 0 unspecified atom stereocenters. The lowest BCUT2D eigenvalue weighted by Crippen LogP contribution is -2.13. The average Bonchev–Trinajstić information content (AvgIpc) is 2.79. The van der Waals surface area contributed by atoms with Gasteiger partial charge in [-0.25, -0.2) is 13.6 Å². The summed E-state index contributed by atoms with van der Waals surface area (Å²) in [6, 6.07) is 6.65. The third kappa shape index (κ3) is 3.10. The van der Waals surface area contributed by atoms with Gasteiger partial charge in [0.05, 0.1) is 5.02 Å². The molecule has 0 atom stereocenters. The molecule has 0 radical (unpaired) electrons. The van der Waals surface area contributed by atoms with E-state index in [0.29, 0.717) is 13.0 Å². The van der Waals surface area contributed by atoms with Gasteiger partial charge < -0.3 is 0 Å². The van der Waals surface area contributed by atoms with Crippen LogP contribution in [-0.4, -0.2) is 18.2 Å². The van der Waals surface area contributed by atoms with E-state index >= 15 is 0 Å². The van der Waals surface area contributed by atoms with E-state index in [9.17, 15) is 8.42 Å². The number of primary sulfonamides is 1. The molecule has 7 heteroatoms. The zero-order valence-corrected chi connectivity index (χ0v) is 11.0. The van der Waals surface area contributed by atoms with Crippen molar-refractivity contribution in [1.29, 1.82) is 0 Å². The molecular weight excluding hydrogens is 274 g/mol. The highest BCUT2D eigenvalue weighted by Crippen LogP contribution is 2.21. The van der Waals surface area contributed by atoms with Crippen molar-refractivity contribution in [3.05, 3.63) is 47.2 Å². The standard InChI is InChI=1S/C11H12ClN3O2S/c12-10-3-2-9(8-11(10)18(13,16)17)4-7-15-6-1-5-14-15/h1-3,5-6,8H,4,7H2,(H2,13,16,17). The minimum absolute atomic E-state index is 0.0397. The van der Waals surface area contributed by atoms with Crippen LogP contribution in [0.1, 0.15) is 5.56 Å². The highest BCUT2D eigenvalue weighted by atomic mass is 35.5. The molecule has 1 aromatic heterocycles. The first-order valence-corrected chi connectivity index (χ1v) is 7.18. The molecule has 2 aromatic rings. The first-order valence-electron chi connectivity index (χ1n) is 5.25. The number of halogens is 1.